The minimum Gasteiger partial charge on any atom is -0.340 e. The van der Waals surface area contributed by atoms with Crippen molar-refractivity contribution >= 4 is 39.8 Å². The molecule has 29 heavy (non-hydrogen) atoms. The number of hydrogen-bond donors (Lipinski definition) is 2. The number of nitrogens with zero attached hydrogens (tertiary/aromatic N) is 3. The quantitative estimate of drug-likeness (QED) is 0.501. The molecule has 0 radical (unpaired) electrons. The SMILES string of the molecule is CC(=O)c1cccc(Nc2cc(C(=O)Nc3cccc4cccnc34)ncn2)c1. The number of para-hydroxylation sites is 1. The zero-order valence-corrected chi connectivity index (χ0v) is 15.6. The Kier molecular flexibility index (Phi) is 4.94. The molecule has 7 nitrogen and oxygen atoms in total. The van der Waals surface area contributed by atoms with Gasteiger partial charge in [-0.25, -0.2) is 9.97 Å². The predicted molar refractivity (Wildman–Crippen MR) is 111 cm³/mol. The van der Waals surface area contributed by atoms with Crippen LogP contribution in [0.25, 0.3) is 10.9 Å². The highest BCUT2D eigenvalue weighted by Crippen LogP contribution is 2.22. The molecule has 0 bridgehead atoms. The molecule has 0 unspecified atom stereocenters. The highest BCUT2D eigenvalue weighted by molar-refractivity contribution is 6.07. The normalized spacial score (nSPS) is 10.5. The van der Waals surface area contributed by atoms with E-state index in [9.17, 15) is 9.59 Å². The van der Waals surface area contributed by atoms with E-state index < -0.39 is 0 Å². The predicted octanol–water partition coefficient (Wildman–Crippen LogP) is 4.22. The van der Waals surface area contributed by atoms with E-state index in [1.165, 1.54) is 13.3 Å². The third kappa shape index (κ3) is 4.08. The molecule has 2 aromatic heterocycles. The standard InChI is InChI=1S/C22H17N5O2/c1-14(28)16-6-2-8-17(11-16)26-20-12-19(24-13-25-20)22(29)27-18-9-3-5-15-7-4-10-23-21(15)18/h2-13H,1H3,(H,27,29)(H,24,25,26). The van der Waals surface area contributed by atoms with Gasteiger partial charge in [-0.2, -0.15) is 0 Å². The second-order valence-electron chi connectivity index (χ2n) is 6.39. The van der Waals surface area contributed by atoms with Gasteiger partial charge in [0.25, 0.3) is 5.91 Å². The molecule has 1 amide bonds. The molecule has 142 valence electrons. The van der Waals surface area contributed by atoms with Crippen LogP contribution < -0.4 is 10.6 Å². The number of pyridine rings is 1. The Hall–Kier alpha value is -4.13. The molecular formula is C22H17N5O2. The maximum absolute atomic E-state index is 12.7. The van der Waals surface area contributed by atoms with Crippen LogP contribution in [0.4, 0.5) is 17.2 Å². The lowest BCUT2D eigenvalue weighted by molar-refractivity contribution is 0.101. The molecule has 0 saturated carbocycles. The summed E-state index contributed by atoms with van der Waals surface area (Å²) < 4.78 is 0. The molecular weight excluding hydrogens is 366 g/mol. The number of aromatic nitrogens is 3. The fourth-order valence-electron chi connectivity index (χ4n) is 2.91. The molecule has 0 spiro atoms. The third-order valence-electron chi connectivity index (χ3n) is 4.32. The van der Waals surface area contributed by atoms with Gasteiger partial charge in [0.05, 0.1) is 11.2 Å². The first-order valence-corrected chi connectivity index (χ1v) is 8.95. The highest BCUT2D eigenvalue weighted by Gasteiger charge is 2.12. The summed E-state index contributed by atoms with van der Waals surface area (Å²) in [7, 11) is 0. The van der Waals surface area contributed by atoms with Crippen molar-refractivity contribution in [2.75, 3.05) is 10.6 Å². The average Bonchev–Trinajstić information content (AvgIpc) is 2.74. The van der Waals surface area contributed by atoms with Crippen LogP contribution in [0.5, 0.6) is 0 Å². The van der Waals surface area contributed by atoms with E-state index >= 15 is 0 Å². The Balaban J connectivity index is 1.56. The maximum Gasteiger partial charge on any atom is 0.274 e. The summed E-state index contributed by atoms with van der Waals surface area (Å²) in [6.45, 7) is 1.51. The van der Waals surface area contributed by atoms with Crippen molar-refractivity contribution in [3.8, 4) is 0 Å². The lowest BCUT2D eigenvalue weighted by atomic mass is 10.1. The molecule has 0 saturated heterocycles. The number of hydrogen-bond acceptors (Lipinski definition) is 6. The van der Waals surface area contributed by atoms with Crippen LogP contribution in [0.1, 0.15) is 27.8 Å². The van der Waals surface area contributed by atoms with Gasteiger partial charge in [-0.3, -0.25) is 14.6 Å². The molecule has 2 heterocycles. The Bertz CT molecular complexity index is 1220. The van der Waals surface area contributed by atoms with Gasteiger partial charge in [-0.05, 0) is 31.2 Å². The van der Waals surface area contributed by atoms with E-state index in [0.717, 1.165) is 5.39 Å². The van der Waals surface area contributed by atoms with Crippen LogP contribution in [0.3, 0.4) is 0 Å². The van der Waals surface area contributed by atoms with Gasteiger partial charge in [-0.1, -0.05) is 30.3 Å². The summed E-state index contributed by atoms with van der Waals surface area (Å²) in [6.07, 6.45) is 2.99. The first kappa shape index (κ1) is 18.2. The van der Waals surface area contributed by atoms with Gasteiger partial charge in [0.2, 0.25) is 0 Å². The summed E-state index contributed by atoms with van der Waals surface area (Å²) in [4.78, 5) is 36.8. The number of rotatable bonds is 5. The van der Waals surface area contributed by atoms with Gasteiger partial charge >= 0.3 is 0 Å². The van der Waals surface area contributed by atoms with Crippen molar-refractivity contribution in [1.29, 1.82) is 0 Å². The molecule has 4 rings (SSSR count). The number of anilines is 3. The van der Waals surface area contributed by atoms with Crippen molar-refractivity contribution in [3.05, 3.63) is 84.4 Å². The van der Waals surface area contributed by atoms with Crippen LogP contribution in [0, 0.1) is 0 Å². The second kappa shape index (κ2) is 7.85. The summed E-state index contributed by atoms with van der Waals surface area (Å²) >= 11 is 0. The number of benzene rings is 2. The molecule has 0 aliphatic rings. The zero-order chi connectivity index (χ0) is 20.2. The molecule has 2 N–H and O–H groups in total. The first-order chi connectivity index (χ1) is 14.1. The fraction of sp³-hybridized carbons (Fsp3) is 0.0455. The molecule has 2 aromatic carbocycles. The maximum atomic E-state index is 12.7. The summed E-state index contributed by atoms with van der Waals surface area (Å²) in [5.41, 5.74) is 2.80. The van der Waals surface area contributed by atoms with E-state index in [2.05, 4.69) is 25.6 Å². The number of amides is 1. The van der Waals surface area contributed by atoms with Crippen LogP contribution in [0.2, 0.25) is 0 Å². The van der Waals surface area contributed by atoms with Crippen molar-refractivity contribution in [2.45, 2.75) is 6.92 Å². The monoisotopic (exact) mass is 383 g/mol. The second-order valence-corrected chi connectivity index (χ2v) is 6.39. The largest absolute Gasteiger partial charge is 0.340 e. The number of Topliss-reactive ketones (excluding diaryl/α,β-unsaturated/α-hetero) is 1. The van der Waals surface area contributed by atoms with Gasteiger partial charge < -0.3 is 10.6 Å². The number of ketones is 1. The Morgan fingerprint density at radius 1 is 0.897 bits per heavy atom. The molecule has 0 atom stereocenters. The topological polar surface area (TPSA) is 96.9 Å². The highest BCUT2D eigenvalue weighted by atomic mass is 16.2. The lowest BCUT2D eigenvalue weighted by Gasteiger charge is -2.09. The minimum atomic E-state index is -0.369. The van der Waals surface area contributed by atoms with E-state index in [4.69, 9.17) is 0 Å². The summed E-state index contributed by atoms with van der Waals surface area (Å²) in [6, 6.07) is 18.0. The smallest absolute Gasteiger partial charge is 0.274 e. The minimum absolute atomic E-state index is 0.0277. The van der Waals surface area contributed by atoms with Crippen molar-refractivity contribution in [3.63, 3.8) is 0 Å². The van der Waals surface area contributed by atoms with Crippen LogP contribution in [0.15, 0.2) is 73.2 Å². The van der Waals surface area contributed by atoms with Crippen molar-refractivity contribution in [1.82, 2.24) is 15.0 Å². The van der Waals surface area contributed by atoms with Gasteiger partial charge in [0.1, 0.15) is 17.8 Å². The summed E-state index contributed by atoms with van der Waals surface area (Å²) in [5, 5.41) is 6.88. The van der Waals surface area contributed by atoms with E-state index in [0.29, 0.717) is 28.3 Å². The zero-order valence-electron chi connectivity index (χ0n) is 15.6. The van der Waals surface area contributed by atoms with Crippen molar-refractivity contribution < 1.29 is 9.59 Å². The van der Waals surface area contributed by atoms with Crippen LogP contribution in [-0.2, 0) is 0 Å². The van der Waals surface area contributed by atoms with Gasteiger partial charge in [-0.15, -0.1) is 0 Å². The fourth-order valence-corrected chi connectivity index (χ4v) is 2.91. The number of carbonyl (C=O) groups excluding carboxylic acids is 2. The van der Waals surface area contributed by atoms with Gasteiger partial charge in [0.15, 0.2) is 5.78 Å². The molecule has 0 aliphatic carbocycles. The summed E-state index contributed by atoms with van der Waals surface area (Å²) in [5.74, 6) is 0.0492. The molecule has 4 aromatic rings. The lowest BCUT2D eigenvalue weighted by Crippen LogP contribution is -2.14. The number of nitrogens with one attached hydrogen (secondary N) is 2. The molecule has 7 heteroatoms. The van der Waals surface area contributed by atoms with Gasteiger partial charge in [0, 0.05) is 28.9 Å². The average molecular weight is 383 g/mol. The van der Waals surface area contributed by atoms with E-state index in [-0.39, 0.29) is 17.4 Å². The van der Waals surface area contributed by atoms with Crippen LogP contribution in [-0.4, -0.2) is 26.6 Å². The van der Waals surface area contributed by atoms with E-state index in [1.807, 2.05) is 30.3 Å². The molecule has 0 fully saturated rings. The van der Waals surface area contributed by atoms with Crippen molar-refractivity contribution in [2.24, 2.45) is 0 Å². The Labute approximate surface area is 166 Å². The Morgan fingerprint density at radius 3 is 2.59 bits per heavy atom. The third-order valence-corrected chi connectivity index (χ3v) is 4.32. The van der Waals surface area contributed by atoms with Crippen LogP contribution >= 0.6 is 0 Å². The Morgan fingerprint density at radius 2 is 1.72 bits per heavy atom. The first-order valence-electron chi connectivity index (χ1n) is 8.95. The number of carbonyl (C=O) groups is 2. The molecule has 0 aliphatic heterocycles. The van der Waals surface area contributed by atoms with E-state index in [1.54, 1.807) is 36.5 Å². The number of fused-ring (bicyclic) bond motifs is 1.